The van der Waals surface area contributed by atoms with Crippen LogP contribution in [-0.4, -0.2) is 45.0 Å². The van der Waals surface area contributed by atoms with Gasteiger partial charge in [0.25, 0.3) is 0 Å². The van der Waals surface area contributed by atoms with Crippen molar-refractivity contribution in [2.24, 2.45) is 0 Å². The van der Waals surface area contributed by atoms with Crippen molar-refractivity contribution >= 4 is 40.3 Å². The van der Waals surface area contributed by atoms with Crippen LogP contribution in [-0.2, 0) is 9.59 Å². The maximum absolute atomic E-state index is 12.6. The van der Waals surface area contributed by atoms with E-state index in [2.05, 4.69) is 15.3 Å². The van der Waals surface area contributed by atoms with E-state index in [1.165, 1.54) is 11.8 Å². The van der Waals surface area contributed by atoms with Crippen LogP contribution in [0.25, 0.3) is 11.0 Å². The summed E-state index contributed by atoms with van der Waals surface area (Å²) in [4.78, 5) is 35.7. The summed E-state index contributed by atoms with van der Waals surface area (Å²) in [5.41, 5.74) is 2.79. The van der Waals surface area contributed by atoms with Crippen molar-refractivity contribution in [3.8, 4) is 0 Å². The van der Waals surface area contributed by atoms with Gasteiger partial charge in [-0.3, -0.25) is 9.59 Å². The molecule has 2 N–H and O–H groups in total. The summed E-state index contributed by atoms with van der Waals surface area (Å²) < 4.78 is 0. The first-order valence-corrected chi connectivity index (χ1v) is 9.84. The van der Waals surface area contributed by atoms with Crippen LogP contribution in [0.5, 0.6) is 0 Å². The van der Waals surface area contributed by atoms with E-state index >= 15 is 0 Å². The van der Waals surface area contributed by atoms with Gasteiger partial charge in [0.15, 0.2) is 0 Å². The Labute approximate surface area is 160 Å². The molecule has 27 heavy (non-hydrogen) atoms. The first-order valence-electron chi connectivity index (χ1n) is 8.96. The lowest BCUT2D eigenvalue weighted by Gasteiger charge is -2.39. The molecule has 0 aliphatic carbocycles. The summed E-state index contributed by atoms with van der Waals surface area (Å²) in [5.74, 6) is 1.09. The molecule has 7 heteroatoms. The fourth-order valence-corrected chi connectivity index (χ4v) is 4.64. The maximum atomic E-state index is 12.6. The van der Waals surface area contributed by atoms with Crippen LogP contribution in [0.1, 0.15) is 18.2 Å². The molecule has 2 aliphatic heterocycles. The number of amides is 2. The predicted molar refractivity (Wildman–Crippen MR) is 105 cm³/mol. The monoisotopic (exact) mass is 378 g/mol. The molecule has 136 valence electrons. The second-order valence-corrected chi connectivity index (χ2v) is 8.18. The van der Waals surface area contributed by atoms with Gasteiger partial charge in [-0.05, 0) is 24.3 Å². The fourth-order valence-electron chi connectivity index (χ4n) is 3.54. The van der Waals surface area contributed by atoms with E-state index in [0.29, 0.717) is 13.1 Å². The van der Waals surface area contributed by atoms with E-state index in [0.717, 1.165) is 27.4 Å². The minimum Gasteiger partial charge on any atom is -0.342 e. The Kier molecular flexibility index (Phi) is 3.89. The van der Waals surface area contributed by atoms with Gasteiger partial charge in [0.2, 0.25) is 11.8 Å². The summed E-state index contributed by atoms with van der Waals surface area (Å²) in [6.45, 7) is 1.29. The number of carbonyl (C=O) groups is 2. The number of likely N-dealkylation sites (tertiary alicyclic amines) is 1. The summed E-state index contributed by atoms with van der Waals surface area (Å²) in [6, 6.07) is 15.6. The Morgan fingerprint density at radius 1 is 1.15 bits per heavy atom. The van der Waals surface area contributed by atoms with E-state index in [9.17, 15) is 9.59 Å². The Bertz CT molecular complexity index is 1010. The lowest BCUT2D eigenvalue weighted by molar-refractivity contribution is -0.136. The molecule has 0 spiro atoms. The van der Waals surface area contributed by atoms with Crippen LogP contribution in [0, 0.1) is 0 Å². The van der Waals surface area contributed by atoms with E-state index in [1.54, 1.807) is 0 Å². The SMILES string of the molecule is O=C1Nc2ccccc2SC1CC(=O)N1CC(c2nc3ccccc3[nH]2)C1. The molecule has 1 unspecified atom stereocenters. The molecular weight excluding hydrogens is 360 g/mol. The topological polar surface area (TPSA) is 78.1 Å². The normalized spacial score (nSPS) is 19.5. The van der Waals surface area contributed by atoms with Crippen molar-refractivity contribution in [3.63, 3.8) is 0 Å². The minimum absolute atomic E-state index is 0.0226. The second-order valence-electron chi connectivity index (χ2n) is 6.93. The number of hydrogen-bond acceptors (Lipinski definition) is 4. The zero-order valence-electron chi connectivity index (χ0n) is 14.5. The van der Waals surface area contributed by atoms with Crippen LogP contribution in [0.4, 0.5) is 5.69 Å². The van der Waals surface area contributed by atoms with E-state index in [4.69, 9.17) is 0 Å². The number of benzene rings is 2. The summed E-state index contributed by atoms with van der Waals surface area (Å²) in [5, 5.41) is 2.52. The van der Waals surface area contributed by atoms with Crippen molar-refractivity contribution in [2.75, 3.05) is 18.4 Å². The Hall–Kier alpha value is -2.80. The Morgan fingerprint density at radius 3 is 2.78 bits per heavy atom. The number of nitrogens with zero attached hydrogens (tertiary/aromatic N) is 2. The molecule has 0 saturated carbocycles. The third-order valence-electron chi connectivity index (χ3n) is 5.10. The van der Waals surface area contributed by atoms with Gasteiger partial charge in [-0.25, -0.2) is 4.98 Å². The molecule has 6 nitrogen and oxygen atoms in total. The van der Waals surface area contributed by atoms with Gasteiger partial charge < -0.3 is 15.2 Å². The lowest BCUT2D eigenvalue weighted by Crippen LogP contribution is -2.50. The quantitative estimate of drug-likeness (QED) is 0.734. The van der Waals surface area contributed by atoms with Crippen molar-refractivity contribution in [1.82, 2.24) is 14.9 Å². The van der Waals surface area contributed by atoms with Crippen LogP contribution >= 0.6 is 11.8 Å². The van der Waals surface area contributed by atoms with Gasteiger partial charge in [0, 0.05) is 24.4 Å². The van der Waals surface area contributed by atoms with Crippen LogP contribution in [0.15, 0.2) is 53.4 Å². The number of nitrogens with one attached hydrogen (secondary N) is 2. The highest BCUT2D eigenvalue weighted by atomic mass is 32.2. The molecule has 2 aromatic carbocycles. The number of para-hydroxylation sites is 3. The largest absolute Gasteiger partial charge is 0.342 e. The molecular formula is C20H18N4O2S. The summed E-state index contributed by atoms with van der Waals surface area (Å²) >= 11 is 1.47. The van der Waals surface area contributed by atoms with Gasteiger partial charge >= 0.3 is 0 Å². The lowest BCUT2D eigenvalue weighted by atomic mass is 9.98. The van der Waals surface area contributed by atoms with E-state index in [1.807, 2.05) is 53.4 Å². The number of rotatable bonds is 3. The standard InChI is InChI=1S/C20H18N4O2S/c25-18(9-17-20(26)23-15-7-3-4-8-16(15)27-17)24-10-12(11-24)19-21-13-5-1-2-6-14(13)22-19/h1-8,12,17H,9-11H2,(H,21,22)(H,23,26). The molecule has 0 radical (unpaired) electrons. The van der Waals surface area contributed by atoms with Crippen LogP contribution in [0.3, 0.4) is 0 Å². The highest BCUT2D eigenvalue weighted by Crippen LogP contribution is 2.37. The first kappa shape index (κ1) is 16.4. The van der Waals surface area contributed by atoms with Gasteiger partial charge in [0.1, 0.15) is 5.82 Å². The molecule has 1 aromatic heterocycles. The minimum atomic E-state index is -0.377. The molecule has 0 bridgehead atoms. The third-order valence-corrected chi connectivity index (χ3v) is 6.37. The molecule has 2 amide bonds. The van der Waals surface area contributed by atoms with Crippen molar-refractivity contribution in [1.29, 1.82) is 0 Å². The number of H-pyrrole nitrogens is 1. The number of fused-ring (bicyclic) bond motifs is 2. The number of anilines is 1. The smallest absolute Gasteiger partial charge is 0.238 e. The number of carbonyl (C=O) groups excluding carboxylic acids is 2. The molecule has 5 rings (SSSR count). The predicted octanol–water partition coefficient (Wildman–Crippen LogP) is 2.99. The maximum Gasteiger partial charge on any atom is 0.238 e. The molecule has 1 fully saturated rings. The summed E-state index contributed by atoms with van der Waals surface area (Å²) in [6.07, 6.45) is 0.220. The van der Waals surface area contributed by atoms with Gasteiger partial charge in [0.05, 0.1) is 27.9 Å². The molecule has 3 aromatic rings. The van der Waals surface area contributed by atoms with Gasteiger partial charge in [-0.2, -0.15) is 0 Å². The van der Waals surface area contributed by atoms with Crippen LogP contribution in [0.2, 0.25) is 0 Å². The number of aromatic amines is 1. The van der Waals surface area contributed by atoms with Gasteiger partial charge in [-0.1, -0.05) is 24.3 Å². The van der Waals surface area contributed by atoms with E-state index < -0.39 is 0 Å². The number of aromatic nitrogens is 2. The number of imidazole rings is 1. The molecule has 1 atom stereocenters. The molecule has 1 saturated heterocycles. The van der Waals surface area contributed by atoms with Crippen molar-refractivity contribution in [3.05, 3.63) is 54.4 Å². The first-order chi connectivity index (χ1) is 13.2. The number of hydrogen-bond donors (Lipinski definition) is 2. The van der Waals surface area contributed by atoms with Crippen molar-refractivity contribution < 1.29 is 9.59 Å². The van der Waals surface area contributed by atoms with Crippen LogP contribution < -0.4 is 5.32 Å². The van der Waals surface area contributed by atoms with Gasteiger partial charge in [-0.15, -0.1) is 11.8 Å². The van der Waals surface area contributed by atoms with Crippen molar-refractivity contribution in [2.45, 2.75) is 22.5 Å². The Morgan fingerprint density at radius 2 is 1.93 bits per heavy atom. The third kappa shape index (κ3) is 2.98. The highest BCUT2D eigenvalue weighted by Gasteiger charge is 2.36. The molecule has 3 heterocycles. The fraction of sp³-hybridized carbons (Fsp3) is 0.250. The zero-order chi connectivity index (χ0) is 18.4. The number of thioether (sulfide) groups is 1. The average molecular weight is 378 g/mol. The second kappa shape index (κ2) is 6.42. The average Bonchev–Trinajstić information content (AvgIpc) is 3.04. The zero-order valence-corrected chi connectivity index (χ0v) is 15.3. The summed E-state index contributed by atoms with van der Waals surface area (Å²) in [7, 11) is 0. The Balaban J connectivity index is 1.21. The highest BCUT2D eigenvalue weighted by molar-refractivity contribution is 8.01. The molecule has 2 aliphatic rings. The van der Waals surface area contributed by atoms with E-state index in [-0.39, 0.29) is 29.4 Å².